The SMILES string of the molecule is CC1(C)c2ccccc2N(CCC(=O)O)[C@]12C=Nc1c(ccc3ccccc13)O2. The number of carbonyl (C=O) groups is 1. The molecule has 2 aliphatic heterocycles. The van der Waals surface area contributed by atoms with Crippen LogP contribution in [0.2, 0.25) is 0 Å². The van der Waals surface area contributed by atoms with Crippen molar-refractivity contribution in [1.29, 1.82) is 0 Å². The number of fused-ring (bicyclic) bond motifs is 4. The van der Waals surface area contributed by atoms with Gasteiger partial charge in [-0.2, -0.15) is 0 Å². The number of rotatable bonds is 3. The summed E-state index contributed by atoms with van der Waals surface area (Å²) in [6.07, 6.45) is 1.89. The third kappa shape index (κ3) is 2.40. The molecular formula is C24H22N2O3. The van der Waals surface area contributed by atoms with E-state index in [0.29, 0.717) is 12.3 Å². The number of anilines is 1. The van der Waals surface area contributed by atoms with E-state index in [0.717, 1.165) is 27.7 Å². The van der Waals surface area contributed by atoms with E-state index >= 15 is 0 Å². The summed E-state index contributed by atoms with van der Waals surface area (Å²) in [7, 11) is 0. The van der Waals surface area contributed by atoms with Gasteiger partial charge in [-0.15, -0.1) is 0 Å². The van der Waals surface area contributed by atoms with Crippen molar-refractivity contribution in [3.63, 3.8) is 0 Å². The fourth-order valence-electron chi connectivity index (χ4n) is 4.65. The lowest BCUT2D eigenvalue weighted by Gasteiger charge is -2.46. The molecule has 1 spiro atoms. The summed E-state index contributed by atoms with van der Waals surface area (Å²) in [5.74, 6) is -0.117. The lowest BCUT2D eigenvalue weighted by Crippen LogP contribution is -2.62. The van der Waals surface area contributed by atoms with Gasteiger partial charge in [0, 0.05) is 17.6 Å². The first-order valence-electron chi connectivity index (χ1n) is 9.79. The average Bonchev–Trinajstić information content (AvgIpc) is 2.90. The van der Waals surface area contributed by atoms with E-state index in [-0.39, 0.29) is 6.42 Å². The van der Waals surface area contributed by atoms with E-state index in [4.69, 9.17) is 9.73 Å². The maximum atomic E-state index is 11.3. The molecule has 0 radical (unpaired) electrons. The van der Waals surface area contributed by atoms with Crippen LogP contribution in [0.4, 0.5) is 11.4 Å². The molecule has 0 bridgehead atoms. The van der Waals surface area contributed by atoms with Gasteiger partial charge in [-0.3, -0.25) is 9.79 Å². The summed E-state index contributed by atoms with van der Waals surface area (Å²) in [4.78, 5) is 18.3. The normalized spacial score (nSPS) is 21.1. The van der Waals surface area contributed by atoms with Crippen LogP contribution < -0.4 is 9.64 Å². The van der Waals surface area contributed by atoms with Crippen molar-refractivity contribution in [3.8, 4) is 5.75 Å². The zero-order chi connectivity index (χ0) is 20.2. The molecule has 0 unspecified atom stereocenters. The molecule has 5 heteroatoms. The predicted molar refractivity (Wildman–Crippen MR) is 115 cm³/mol. The topological polar surface area (TPSA) is 62.1 Å². The van der Waals surface area contributed by atoms with Gasteiger partial charge in [0.2, 0.25) is 5.72 Å². The first-order chi connectivity index (χ1) is 13.9. The number of hydrogen-bond acceptors (Lipinski definition) is 4. The Hall–Kier alpha value is -3.34. The standard InChI is InChI=1S/C24H22N2O3/c1-23(2)18-9-5-6-10-19(18)26(14-13-21(27)28)24(23)15-25-22-17-8-4-3-7-16(17)11-12-20(22)29-24/h3-12,15H,13-14H2,1-2H3,(H,27,28)/t24-/m0/s1. The first kappa shape index (κ1) is 17.7. The molecule has 1 N–H and O–H groups in total. The van der Waals surface area contributed by atoms with E-state index in [1.54, 1.807) is 0 Å². The summed E-state index contributed by atoms with van der Waals surface area (Å²) < 4.78 is 6.71. The average molecular weight is 386 g/mol. The van der Waals surface area contributed by atoms with E-state index < -0.39 is 17.1 Å². The molecule has 146 valence electrons. The first-order valence-corrected chi connectivity index (χ1v) is 9.79. The number of carboxylic acids is 1. The highest BCUT2D eigenvalue weighted by Crippen LogP contribution is 2.54. The van der Waals surface area contributed by atoms with Gasteiger partial charge in [0.05, 0.1) is 18.1 Å². The summed E-state index contributed by atoms with van der Waals surface area (Å²) >= 11 is 0. The van der Waals surface area contributed by atoms with Gasteiger partial charge in [-0.25, -0.2) is 0 Å². The summed E-state index contributed by atoms with van der Waals surface area (Å²) in [5.41, 5.74) is 1.63. The molecule has 3 aromatic carbocycles. The van der Waals surface area contributed by atoms with Gasteiger partial charge < -0.3 is 14.7 Å². The number of aliphatic imine (C=N–C) groups is 1. The number of para-hydroxylation sites is 1. The largest absolute Gasteiger partial charge is 0.481 e. The van der Waals surface area contributed by atoms with Gasteiger partial charge in [0.1, 0.15) is 11.4 Å². The molecule has 0 amide bonds. The number of hydrogen-bond donors (Lipinski definition) is 1. The van der Waals surface area contributed by atoms with Crippen LogP contribution in [-0.4, -0.2) is 29.6 Å². The molecule has 1 atom stereocenters. The molecule has 2 heterocycles. The Kier molecular flexibility index (Phi) is 3.72. The zero-order valence-corrected chi connectivity index (χ0v) is 16.4. The Balaban J connectivity index is 1.68. The lowest BCUT2D eigenvalue weighted by molar-refractivity contribution is -0.136. The number of benzene rings is 3. The molecule has 0 aliphatic carbocycles. The highest BCUT2D eigenvalue weighted by Gasteiger charge is 2.59. The van der Waals surface area contributed by atoms with Crippen molar-refractivity contribution in [2.75, 3.05) is 11.4 Å². The van der Waals surface area contributed by atoms with Crippen molar-refractivity contribution < 1.29 is 14.6 Å². The Morgan fingerprint density at radius 1 is 1.07 bits per heavy atom. The maximum Gasteiger partial charge on any atom is 0.305 e. The summed E-state index contributed by atoms with van der Waals surface area (Å²) in [6.45, 7) is 4.60. The third-order valence-corrected chi connectivity index (χ3v) is 6.21. The smallest absolute Gasteiger partial charge is 0.305 e. The fourth-order valence-corrected chi connectivity index (χ4v) is 4.65. The fraction of sp³-hybridized carbons (Fsp3) is 0.250. The molecule has 2 aliphatic rings. The molecule has 5 rings (SSSR count). The van der Waals surface area contributed by atoms with Crippen LogP contribution in [0.25, 0.3) is 10.8 Å². The quantitative estimate of drug-likeness (QED) is 0.695. The molecule has 0 aromatic heterocycles. The van der Waals surface area contributed by atoms with Gasteiger partial charge in [0.25, 0.3) is 0 Å². The molecule has 3 aromatic rings. The minimum atomic E-state index is -0.887. The van der Waals surface area contributed by atoms with Gasteiger partial charge in [-0.1, -0.05) is 48.5 Å². The molecular weight excluding hydrogens is 364 g/mol. The molecule has 0 saturated heterocycles. The van der Waals surface area contributed by atoms with Crippen LogP contribution in [0.5, 0.6) is 5.75 Å². The van der Waals surface area contributed by atoms with Crippen molar-refractivity contribution in [3.05, 3.63) is 66.2 Å². The molecule has 0 saturated carbocycles. The summed E-state index contributed by atoms with van der Waals surface area (Å²) in [5, 5.41) is 11.5. The highest BCUT2D eigenvalue weighted by molar-refractivity contribution is 5.99. The van der Waals surface area contributed by atoms with Gasteiger partial charge >= 0.3 is 5.97 Å². The van der Waals surface area contributed by atoms with E-state index in [1.807, 2.05) is 54.7 Å². The van der Waals surface area contributed by atoms with Crippen molar-refractivity contribution in [2.24, 2.45) is 4.99 Å². The Morgan fingerprint density at radius 3 is 2.66 bits per heavy atom. The van der Waals surface area contributed by atoms with E-state index in [9.17, 15) is 9.90 Å². The van der Waals surface area contributed by atoms with Crippen LogP contribution in [-0.2, 0) is 10.2 Å². The number of nitrogens with zero attached hydrogens (tertiary/aromatic N) is 2. The second-order valence-electron chi connectivity index (χ2n) is 8.13. The van der Waals surface area contributed by atoms with Crippen LogP contribution in [0.15, 0.2) is 65.7 Å². The Labute approximate surface area is 169 Å². The van der Waals surface area contributed by atoms with Crippen LogP contribution in [0.1, 0.15) is 25.8 Å². The van der Waals surface area contributed by atoms with Crippen molar-refractivity contribution in [1.82, 2.24) is 0 Å². The number of carboxylic acid groups (broad SMARTS) is 1. The van der Waals surface area contributed by atoms with Crippen LogP contribution in [0.3, 0.4) is 0 Å². The van der Waals surface area contributed by atoms with Gasteiger partial charge in [0.15, 0.2) is 0 Å². The monoisotopic (exact) mass is 386 g/mol. The van der Waals surface area contributed by atoms with Crippen LogP contribution in [0, 0.1) is 0 Å². The highest BCUT2D eigenvalue weighted by atomic mass is 16.5. The van der Waals surface area contributed by atoms with Crippen LogP contribution >= 0.6 is 0 Å². The minimum Gasteiger partial charge on any atom is -0.481 e. The second kappa shape index (κ2) is 6.08. The third-order valence-electron chi connectivity index (χ3n) is 6.21. The maximum absolute atomic E-state index is 11.3. The number of aliphatic carboxylic acids is 1. The summed E-state index contributed by atoms with van der Waals surface area (Å²) in [6, 6.07) is 20.2. The predicted octanol–water partition coefficient (Wildman–Crippen LogP) is 4.90. The lowest BCUT2D eigenvalue weighted by atomic mass is 9.77. The Morgan fingerprint density at radius 2 is 1.83 bits per heavy atom. The van der Waals surface area contributed by atoms with E-state index in [2.05, 4.69) is 30.9 Å². The molecule has 0 fully saturated rings. The zero-order valence-electron chi connectivity index (χ0n) is 16.4. The minimum absolute atomic E-state index is 0.0218. The molecule has 29 heavy (non-hydrogen) atoms. The second-order valence-corrected chi connectivity index (χ2v) is 8.13. The van der Waals surface area contributed by atoms with Crippen molar-refractivity contribution in [2.45, 2.75) is 31.4 Å². The number of ether oxygens (including phenoxy) is 1. The van der Waals surface area contributed by atoms with Crippen molar-refractivity contribution >= 4 is 34.3 Å². The Bertz CT molecular complexity index is 1170. The van der Waals surface area contributed by atoms with E-state index in [1.165, 1.54) is 0 Å². The molecule has 5 nitrogen and oxygen atoms in total. The van der Waals surface area contributed by atoms with Gasteiger partial charge in [-0.05, 0) is 36.9 Å².